The molecule has 0 radical (unpaired) electrons. The van der Waals surface area contributed by atoms with Gasteiger partial charge in [0.2, 0.25) is 17.7 Å². The Balaban J connectivity index is 0.000000172. The highest BCUT2D eigenvalue weighted by molar-refractivity contribution is 8.01. The zero-order valence-electron chi connectivity index (χ0n) is 15.3. The number of hydrogen-bond donors (Lipinski definition) is 2. The molecule has 4 rings (SSSR count). The maximum absolute atomic E-state index is 11.7. The summed E-state index contributed by atoms with van der Waals surface area (Å²) in [4.78, 5) is 52.6. The van der Waals surface area contributed by atoms with Crippen LogP contribution in [0, 0.1) is 0 Å². The Morgan fingerprint density at radius 2 is 1.43 bits per heavy atom. The van der Waals surface area contributed by atoms with Crippen LogP contribution < -0.4 is 10.6 Å². The van der Waals surface area contributed by atoms with Crippen molar-refractivity contribution in [2.24, 2.45) is 0 Å². The highest BCUT2D eigenvalue weighted by atomic mass is 32.2. The molecule has 12 heteroatoms. The van der Waals surface area contributed by atoms with Gasteiger partial charge in [0.05, 0.1) is 17.1 Å². The first-order chi connectivity index (χ1) is 14.3. The van der Waals surface area contributed by atoms with Gasteiger partial charge in [-0.25, -0.2) is 8.42 Å². The van der Waals surface area contributed by atoms with Crippen molar-refractivity contribution < 1.29 is 27.6 Å². The molecule has 30 heavy (non-hydrogen) atoms. The molecule has 0 bridgehead atoms. The van der Waals surface area contributed by atoms with Crippen LogP contribution in [-0.2, 0) is 29.0 Å². The van der Waals surface area contributed by atoms with Crippen LogP contribution in [0.2, 0.25) is 0 Å². The molecule has 2 aliphatic heterocycles. The molecule has 0 saturated carbocycles. The highest BCUT2D eigenvalue weighted by Crippen LogP contribution is 2.29. The molecule has 2 aromatic heterocycles. The van der Waals surface area contributed by atoms with Crippen LogP contribution in [0.3, 0.4) is 0 Å². The molecular weight excluding hydrogens is 432 g/mol. The van der Waals surface area contributed by atoms with Gasteiger partial charge in [-0.3, -0.25) is 39.8 Å². The van der Waals surface area contributed by atoms with E-state index in [9.17, 15) is 27.6 Å². The zero-order chi connectivity index (χ0) is 21.7. The van der Waals surface area contributed by atoms with Crippen molar-refractivity contribution in [3.63, 3.8) is 0 Å². The summed E-state index contributed by atoms with van der Waals surface area (Å²) in [5, 5.41) is 2.54. The third kappa shape index (κ3) is 5.07. The van der Waals surface area contributed by atoms with Gasteiger partial charge in [0.15, 0.2) is 15.1 Å². The lowest BCUT2D eigenvalue weighted by atomic mass is 10.2. The summed E-state index contributed by atoms with van der Waals surface area (Å²) in [6.07, 6.45) is 3.04. The number of rotatable bonds is 2. The number of pyridine rings is 2. The Morgan fingerprint density at radius 3 is 1.97 bits per heavy atom. The van der Waals surface area contributed by atoms with Gasteiger partial charge in [0.25, 0.3) is 5.91 Å². The lowest BCUT2D eigenvalue weighted by Crippen LogP contribution is -2.47. The van der Waals surface area contributed by atoms with E-state index in [1.807, 2.05) is 11.4 Å². The second-order valence-corrected chi connectivity index (χ2v) is 9.39. The summed E-state index contributed by atoms with van der Waals surface area (Å²) < 4.78 is 23.4. The number of nitrogens with one attached hydrogen (secondary N) is 2. The molecule has 2 atom stereocenters. The van der Waals surface area contributed by atoms with Crippen LogP contribution in [-0.4, -0.2) is 53.5 Å². The van der Waals surface area contributed by atoms with Crippen molar-refractivity contribution in [3.8, 4) is 0 Å². The zero-order valence-corrected chi connectivity index (χ0v) is 17.0. The molecule has 2 aliphatic rings. The van der Waals surface area contributed by atoms with E-state index in [4.69, 9.17) is 0 Å². The van der Waals surface area contributed by atoms with E-state index in [0.717, 1.165) is 0 Å². The molecule has 2 N–H and O–H groups in total. The van der Waals surface area contributed by atoms with E-state index in [0.29, 0.717) is 11.4 Å². The molecule has 4 amide bonds. The maximum Gasteiger partial charge on any atom is 0.251 e. The van der Waals surface area contributed by atoms with E-state index in [-0.39, 0.29) is 22.8 Å². The molecule has 2 fully saturated rings. The fourth-order valence-corrected chi connectivity index (χ4v) is 5.15. The average Bonchev–Trinajstić information content (AvgIpc) is 2.68. The number of carbonyl (C=O) groups is 4. The molecule has 156 valence electrons. The Hall–Kier alpha value is -3.12. The predicted molar refractivity (Wildman–Crippen MR) is 107 cm³/mol. The second-order valence-electron chi connectivity index (χ2n) is 6.21. The van der Waals surface area contributed by atoms with Crippen LogP contribution in [0.5, 0.6) is 0 Å². The SMILES string of the molecule is O=C1CS(=O)(=O)C(c2ccccn2)C(=O)N1.O=C1CSC(c2ccccn2)C(=O)N1. The van der Waals surface area contributed by atoms with Crippen molar-refractivity contribution >= 4 is 45.2 Å². The quantitative estimate of drug-likeness (QED) is 0.590. The van der Waals surface area contributed by atoms with E-state index in [1.165, 1.54) is 24.0 Å². The Kier molecular flexibility index (Phi) is 6.57. The second kappa shape index (κ2) is 9.13. The number of imide groups is 2. The fraction of sp³-hybridized carbons (Fsp3) is 0.222. The molecule has 2 unspecified atom stereocenters. The predicted octanol–water partition coefficient (Wildman–Crippen LogP) is -0.294. The van der Waals surface area contributed by atoms with Gasteiger partial charge in [-0.1, -0.05) is 12.1 Å². The van der Waals surface area contributed by atoms with Crippen molar-refractivity contribution in [1.82, 2.24) is 20.6 Å². The molecule has 2 aromatic rings. The number of amides is 4. The molecule has 0 aliphatic carbocycles. The number of thioether (sulfide) groups is 1. The van der Waals surface area contributed by atoms with Gasteiger partial charge in [0, 0.05) is 12.4 Å². The molecule has 2 saturated heterocycles. The maximum atomic E-state index is 11.7. The van der Waals surface area contributed by atoms with Gasteiger partial charge >= 0.3 is 0 Å². The summed E-state index contributed by atoms with van der Waals surface area (Å²) in [6, 6.07) is 10.0. The summed E-state index contributed by atoms with van der Waals surface area (Å²) in [5.41, 5.74) is 0.829. The normalized spacial score (nSPS) is 22.9. The Labute approximate surface area is 175 Å². The van der Waals surface area contributed by atoms with Crippen molar-refractivity contribution in [1.29, 1.82) is 0 Å². The molecule has 0 spiro atoms. The van der Waals surface area contributed by atoms with Crippen LogP contribution >= 0.6 is 11.8 Å². The Morgan fingerprint density at radius 1 is 0.833 bits per heavy atom. The van der Waals surface area contributed by atoms with Crippen molar-refractivity contribution in [2.75, 3.05) is 11.5 Å². The van der Waals surface area contributed by atoms with Crippen LogP contribution in [0.25, 0.3) is 0 Å². The smallest absolute Gasteiger partial charge is 0.251 e. The first-order valence-electron chi connectivity index (χ1n) is 8.60. The fourth-order valence-electron chi connectivity index (χ4n) is 2.74. The molecule has 4 heterocycles. The van der Waals surface area contributed by atoms with Crippen LogP contribution in [0.15, 0.2) is 48.8 Å². The number of hydrogen-bond acceptors (Lipinski definition) is 9. The number of sulfone groups is 1. The molecular formula is C18H16N4O6S2. The average molecular weight is 448 g/mol. The minimum absolute atomic E-state index is 0.132. The third-order valence-electron chi connectivity index (χ3n) is 3.99. The van der Waals surface area contributed by atoms with E-state index >= 15 is 0 Å². The number of aromatic nitrogens is 2. The van der Waals surface area contributed by atoms with Crippen molar-refractivity contribution in [3.05, 3.63) is 60.2 Å². The van der Waals surface area contributed by atoms with Crippen LogP contribution in [0.4, 0.5) is 0 Å². The highest BCUT2D eigenvalue weighted by Gasteiger charge is 2.41. The van der Waals surface area contributed by atoms with Gasteiger partial charge in [-0.15, -0.1) is 11.8 Å². The summed E-state index contributed by atoms with van der Waals surface area (Å²) in [6.45, 7) is 0. The minimum Gasteiger partial charge on any atom is -0.294 e. The van der Waals surface area contributed by atoms with Crippen LogP contribution in [0.1, 0.15) is 21.9 Å². The van der Waals surface area contributed by atoms with E-state index < -0.39 is 32.7 Å². The lowest BCUT2D eigenvalue weighted by molar-refractivity contribution is -0.131. The van der Waals surface area contributed by atoms with Gasteiger partial charge < -0.3 is 0 Å². The van der Waals surface area contributed by atoms with Crippen molar-refractivity contribution in [2.45, 2.75) is 10.5 Å². The summed E-state index contributed by atoms with van der Waals surface area (Å²) >= 11 is 1.31. The minimum atomic E-state index is -3.80. The van der Waals surface area contributed by atoms with Gasteiger partial charge in [-0.2, -0.15) is 0 Å². The topological polar surface area (TPSA) is 152 Å². The van der Waals surface area contributed by atoms with Gasteiger partial charge in [0.1, 0.15) is 11.0 Å². The summed E-state index contributed by atoms with van der Waals surface area (Å²) in [7, 11) is -3.80. The standard InChI is InChI=1S/C9H8N2O4S.C9H8N2O2S/c12-7-5-16(14,15)8(9(13)11-7)6-3-1-2-4-10-6;12-7-5-14-8(9(13)11-7)6-3-1-2-4-10-6/h1-4,8H,5H2,(H,11,12,13);1-4,8H,5H2,(H,11,12,13). The van der Waals surface area contributed by atoms with E-state index in [1.54, 1.807) is 30.5 Å². The van der Waals surface area contributed by atoms with E-state index in [2.05, 4.69) is 15.3 Å². The van der Waals surface area contributed by atoms with Gasteiger partial charge in [-0.05, 0) is 24.3 Å². The first kappa shape index (κ1) is 21.6. The largest absolute Gasteiger partial charge is 0.294 e. The molecule has 10 nitrogen and oxygen atoms in total. The number of nitrogens with zero attached hydrogens (tertiary/aromatic N) is 2. The number of carbonyl (C=O) groups excluding carboxylic acids is 4. The molecule has 0 aromatic carbocycles. The Bertz CT molecular complexity index is 1080. The third-order valence-corrected chi connectivity index (χ3v) is 7.04. The lowest BCUT2D eigenvalue weighted by Gasteiger charge is -2.20. The monoisotopic (exact) mass is 448 g/mol. The summed E-state index contributed by atoms with van der Waals surface area (Å²) in [5.74, 6) is -2.50. The first-order valence-corrected chi connectivity index (χ1v) is 11.4.